The molecule has 0 bridgehead atoms. The van der Waals surface area contributed by atoms with Gasteiger partial charge < -0.3 is 14.8 Å². The monoisotopic (exact) mass is 438 g/mol. The zero-order valence-electron chi connectivity index (χ0n) is 18.0. The number of thiocarbonyl (C=S) groups is 1. The molecule has 0 spiro atoms. The summed E-state index contributed by atoms with van der Waals surface area (Å²) < 4.78 is 2.30. The van der Waals surface area contributed by atoms with E-state index in [-0.39, 0.29) is 18.1 Å². The van der Waals surface area contributed by atoms with Crippen LogP contribution in [0.1, 0.15) is 54.1 Å². The van der Waals surface area contributed by atoms with E-state index in [1.165, 1.54) is 22.5 Å². The number of nitrogens with zero attached hydrogens (tertiary/aromatic N) is 3. The fourth-order valence-corrected chi connectivity index (χ4v) is 5.15. The first-order valence-corrected chi connectivity index (χ1v) is 11.0. The Labute approximate surface area is 188 Å². The third kappa shape index (κ3) is 3.50. The molecule has 0 amide bonds. The maximum atomic E-state index is 6.34. The first kappa shape index (κ1) is 20.9. The average Bonchev–Trinajstić information content (AvgIpc) is 3.20. The summed E-state index contributed by atoms with van der Waals surface area (Å²) in [7, 11) is 0. The highest BCUT2D eigenvalue weighted by Crippen LogP contribution is 2.42. The zero-order valence-corrected chi connectivity index (χ0v) is 19.6. The van der Waals surface area contributed by atoms with E-state index < -0.39 is 0 Å². The van der Waals surface area contributed by atoms with Crippen LogP contribution in [0.15, 0.2) is 48.7 Å². The zero-order chi connectivity index (χ0) is 21.6. The highest BCUT2D eigenvalue weighted by Gasteiger charge is 2.42. The van der Waals surface area contributed by atoms with Gasteiger partial charge in [-0.15, -0.1) is 0 Å². The summed E-state index contributed by atoms with van der Waals surface area (Å²) in [4.78, 5) is 6.93. The quantitative estimate of drug-likeness (QED) is 0.519. The molecule has 1 aliphatic heterocycles. The van der Waals surface area contributed by atoms with Gasteiger partial charge >= 0.3 is 0 Å². The van der Waals surface area contributed by atoms with Gasteiger partial charge in [-0.1, -0.05) is 23.7 Å². The molecule has 1 fully saturated rings. The maximum absolute atomic E-state index is 6.34. The van der Waals surface area contributed by atoms with E-state index in [1.807, 2.05) is 30.5 Å². The molecule has 3 heterocycles. The fourth-order valence-electron chi connectivity index (χ4n) is 4.54. The molecule has 0 radical (unpaired) electrons. The third-order valence-electron chi connectivity index (χ3n) is 5.89. The molecule has 0 aliphatic carbocycles. The third-order valence-corrected chi connectivity index (χ3v) is 6.46. The van der Waals surface area contributed by atoms with Crippen LogP contribution in [0.2, 0.25) is 5.02 Å². The summed E-state index contributed by atoms with van der Waals surface area (Å²) in [6, 6.07) is 14.7. The molecule has 1 saturated heterocycles. The fraction of sp³-hybridized carbons (Fsp3) is 0.333. The van der Waals surface area contributed by atoms with Gasteiger partial charge in [0.05, 0.1) is 17.8 Å². The summed E-state index contributed by atoms with van der Waals surface area (Å²) in [6.07, 6.45) is 1.84. The number of rotatable bonds is 4. The van der Waals surface area contributed by atoms with Crippen LogP contribution in [0.3, 0.4) is 0 Å². The van der Waals surface area contributed by atoms with E-state index >= 15 is 0 Å². The molecule has 0 unspecified atom stereocenters. The Morgan fingerprint density at radius 1 is 1.10 bits per heavy atom. The Balaban J connectivity index is 1.88. The van der Waals surface area contributed by atoms with Gasteiger partial charge in [-0.25, -0.2) is 0 Å². The number of hydrogen-bond acceptors (Lipinski definition) is 2. The normalized spacial score (nSPS) is 18.9. The SMILES string of the molecule is Cc1ccc(Cl)cc1-n1c(C)cc([C@H]2[C@H](c3ccccn3)NC(=S)N2C(C)C)c1C. The second-order valence-electron chi connectivity index (χ2n) is 8.22. The smallest absolute Gasteiger partial charge is 0.170 e. The van der Waals surface area contributed by atoms with Crippen molar-refractivity contribution < 1.29 is 0 Å². The first-order valence-electron chi connectivity index (χ1n) is 10.2. The van der Waals surface area contributed by atoms with Gasteiger partial charge in [0.2, 0.25) is 0 Å². The predicted molar refractivity (Wildman–Crippen MR) is 127 cm³/mol. The van der Waals surface area contributed by atoms with E-state index in [2.05, 4.69) is 72.6 Å². The average molecular weight is 439 g/mol. The number of halogens is 1. The van der Waals surface area contributed by atoms with Gasteiger partial charge in [0.25, 0.3) is 0 Å². The standard InChI is InChI=1S/C24H27ClN4S/c1-14(2)28-23(22(27-24(28)30)20-8-6-7-11-26-20)19-12-16(4)29(17(19)5)21-13-18(25)10-9-15(21)3/h6-14,22-23H,1-5H3,(H,27,30)/t22-,23-/m0/s1. The summed E-state index contributed by atoms with van der Waals surface area (Å²) >= 11 is 12.1. The van der Waals surface area contributed by atoms with Crippen molar-refractivity contribution in [2.75, 3.05) is 0 Å². The summed E-state index contributed by atoms with van der Waals surface area (Å²) in [5.41, 5.74) is 6.92. The molecule has 30 heavy (non-hydrogen) atoms. The molecule has 1 aliphatic rings. The molecule has 2 aromatic heterocycles. The van der Waals surface area contributed by atoms with Crippen LogP contribution in [-0.2, 0) is 0 Å². The molecular formula is C24H27ClN4S. The van der Waals surface area contributed by atoms with E-state index in [0.29, 0.717) is 0 Å². The van der Waals surface area contributed by atoms with Gasteiger partial charge in [-0.2, -0.15) is 0 Å². The summed E-state index contributed by atoms with van der Waals surface area (Å²) in [5, 5.41) is 5.04. The molecule has 6 heteroatoms. The van der Waals surface area contributed by atoms with Crippen molar-refractivity contribution in [1.29, 1.82) is 0 Å². The minimum atomic E-state index is -0.00416. The number of nitrogens with one attached hydrogen (secondary N) is 1. The van der Waals surface area contributed by atoms with Crippen LogP contribution in [0.4, 0.5) is 0 Å². The lowest BCUT2D eigenvalue weighted by atomic mass is 9.96. The Bertz CT molecular complexity index is 1090. The molecule has 4 nitrogen and oxygen atoms in total. The lowest BCUT2D eigenvalue weighted by Gasteiger charge is -2.31. The molecule has 1 N–H and O–H groups in total. The maximum Gasteiger partial charge on any atom is 0.170 e. The second-order valence-corrected chi connectivity index (χ2v) is 9.04. The minimum Gasteiger partial charge on any atom is -0.352 e. The van der Waals surface area contributed by atoms with Crippen LogP contribution in [0.25, 0.3) is 5.69 Å². The van der Waals surface area contributed by atoms with Crippen molar-refractivity contribution in [1.82, 2.24) is 19.8 Å². The first-order chi connectivity index (χ1) is 14.3. The van der Waals surface area contributed by atoms with Gasteiger partial charge in [0, 0.05) is 34.3 Å². The summed E-state index contributed by atoms with van der Waals surface area (Å²) in [6.45, 7) is 10.8. The Morgan fingerprint density at radius 3 is 2.53 bits per heavy atom. The number of aryl methyl sites for hydroxylation is 2. The lowest BCUT2D eigenvalue weighted by molar-refractivity contribution is 0.269. The van der Waals surface area contributed by atoms with Gasteiger partial charge in [0.1, 0.15) is 0 Å². The van der Waals surface area contributed by atoms with Gasteiger partial charge in [-0.05, 0) is 88.3 Å². The topological polar surface area (TPSA) is 33.1 Å². The van der Waals surface area contributed by atoms with Gasteiger partial charge in [0.15, 0.2) is 5.11 Å². The van der Waals surface area contributed by atoms with E-state index in [1.54, 1.807) is 0 Å². The molecule has 156 valence electrons. The number of hydrogen-bond donors (Lipinski definition) is 1. The Hall–Kier alpha value is -2.37. The Kier molecular flexibility index (Phi) is 5.60. The van der Waals surface area contributed by atoms with Crippen molar-refractivity contribution in [3.05, 3.63) is 81.9 Å². The number of pyridine rings is 1. The number of benzene rings is 1. The molecular weight excluding hydrogens is 412 g/mol. The van der Waals surface area contributed by atoms with Crippen LogP contribution in [0, 0.1) is 20.8 Å². The van der Waals surface area contributed by atoms with E-state index in [4.69, 9.17) is 23.8 Å². The van der Waals surface area contributed by atoms with E-state index in [0.717, 1.165) is 21.5 Å². The van der Waals surface area contributed by atoms with Crippen LogP contribution < -0.4 is 5.32 Å². The van der Waals surface area contributed by atoms with Crippen molar-refractivity contribution in [2.45, 2.75) is 52.7 Å². The molecule has 1 aromatic carbocycles. The van der Waals surface area contributed by atoms with Crippen LogP contribution in [0.5, 0.6) is 0 Å². The van der Waals surface area contributed by atoms with Crippen LogP contribution in [-0.4, -0.2) is 25.6 Å². The van der Waals surface area contributed by atoms with Crippen molar-refractivity contribution >= 4 is 28.9 Å². The summed E-state index contributed by atoms with van der Waals surface area (Å²) in [5.74, 6) is 0. The lowest BCUT2D eigenvalue weighted by Crippen LogP contribution is -2.35. The largest absolute Gasteiger partial charge is 0.352 e. The molecule has 3 aromatic rings. The Morgan fingerprint density at radius 2 is 1.87 bits per heavy atom. The second kappa shape index (κ2) is 8.05. The highest BCUT2D eigenvalue weighted by molar-refractivity contribution is 7.80. The van der Waals surface area contributed by atoms with Crippen LogP contribution >= 0.6 is 23.8 Å². The number of aromatic nitrogens is 2. The van der Waals surface area contributed by atoms with E-state index in [9.17, 15) is 0 Å². The van der Waals surface area contributed by atoms with Crippen molar-refractivity contribution in [2.24, 2.45) is 0 Å². The molecule has 0 saturated carbocycles. The molecule has 2 atom stereocenters. The predicted octanol–water partition coefficient (Wildman–Crippen LogP) is 5.83. The molecule has 4 rings (SSSR count). The highest BCUT2D eigenvalue weighted by atomic mass is 35.5. The van der Waals surface area contributed by atoms with Gasteiger partial charge in [-0.3, -0.25) is 4.98 Å². The minimum absolute atomic E-state index is 0.00416. The van der Waals surface area contributed by atoms with Crippen molar-refractivity contribution in [3.63, 3.8) is 0 Å². The van der Waals surface area contributed by atoms with Crippen molar-refractivity contribution in [3.8, 4) is 5.69 Å².